The van der Waals surface area contributed by atoms with Gasteiger partial charge in [-0.25, -0.2) is 13.2 Å². The second kappa shape index (κ2) is 9.21. The van der Waals surface area contributed by atoms with E-state index in [1.54, 1.807) is 49.6 Å². The van der Waals surface area contributed by atoms with Gasteiger partial charge in [-0.2, -0.15) is 4.31 Å². The maximum absolute atomic E-state index is 14.0. The Labute approximate surface area is 193 Å². The molecule has 0 saturated carbocycles. The van der Waals surface area contributed by atoms with Crippen LogP contribution in [-0.2, 0) is 14.8 Å². The van der Waals surface area contributed by atoms with Crippen molar-refractivity contribution in [3.63, 3.8) is 0 Å². The van der Waals surface area contributed by atoms with Crippen LogP contribution in [0.1, 0.15) is 35.2 Å². The number of rotatable bonds is 6. The van der Waals surface area contributed by atoms with Gasteiger partial charge in [0.1, 0.15) is 5.75 Å². The van der Waals surface area contributed by atoms with Gasteiger partial charge in [-0.3, -0.25) is 0 Å². The van der Waals surface area contributed by atoms with E-state index >= 15 is 0 Å². The molecule has 1 aliphatic rings. The lowest BCUT2D eigenvalue weighted by atomic mass is 9.89. The molecule has 3 aromatic carbocycles. The van der Waals surface area contributed by atoms with Crippen molar-refractivity contribution >= 4 is 16.0 Å². The van der Waals surface area contributed by atoms with E-state index in [0.29, 0.717) is 11.3 Å². The van der Waals surface area contributed by atoms with Gasteiger partial charge < -0.3 is 9.84 Å². The summed E-state index contributed by atoms with van der Waals surface area (Å²) in [6, 6.07) is 21.1. The summed E-state index contributed by atoms with van der Waals surface area (Å²) in [6.07, 6.45) is 1.88. The Morgan fingerprint density at radius 2 is 1.67 bits per heavy atom. The van der Waals surface area contributed by atoms with Crippen LogP contribution in [0.15, 0.2) is 95.4 Å². The number of carboxylic acids is 1. The van der Waals surface area contributed by atoms with E-state index in [1.807, 2.05) is 37.3 Å². The molecule has 7 heteroatoms. The van der Waals surface area contributed by atoms with Gasteiger partial charge in [0, 0.05) is 0 Å². The van der Waals surface area contributed by atoms with E-state index in [2.05, 4.69) is 0 Å². The van der Waals surface area contributed by atoms with Crippen molar-refractivity contribution in [1.82, 2.24) is 4.31 Å². The number of methoxy groups -OCH3 is 1. The molecule has 1 N–H and O–H groups in total. The highest BCUT2D eigenvalue weighted by molar-refractivity contribution is 7.89. The van der Waals surface area contributed by atoms with E-state index in [0.717, 1.165) is 11.1 Å². The van der Waals surface area contributed by atoms with Crippen molar-refractivity contribution in [3.05, 3.63) is 107 Å². The summed E-state index contributed by atoms with van der Waals surface area (Å²) in [5.41, 5.74) is 2.33. The molecule has 4 rings (SSSR count). The molecule has 1 heterocycles. The molecule has 0 aromatic heterocycles. The first-order valence-corrected chi connectivity index (χ1v) is 12.0. The van der Waals surface area contributed by atoms with Gasteiger partial charge >= 0.3 is 5.97 Å². The Morgan fingerprint density at radius 3 is 2.27 bits per heavy atom. The molecule has 1 aliphatic heterocycles. The zero-order chi connectivity index (χ0) is 23.6. The highest BCUT2D eigenvalue weighted by Crippen LogP contribution is 2.45. The quantitative estimate of drug-likeness (QED) is 0.563. The average molecular weight is 464 g/mol. The predicted molar refractivity (Wildman–Crippen MR) is 125 cm³/mol. The fourth-order valence-electron chi connectivity index (χ4n) is 4.27. The number of sulfonamides is 1. The van der Waals surface area contributed by atoms with Crippen LogP contribution < -0.4 is 4.74 Å². The number of nitrogens with zero attached hydrogens (tertiary/aromatic N) is 1. The van der Waals surface area contributed by atoms with Crippen LogP contribution in [0, 0.1) is 6.92 Å². The van der Waals surface area contributed by atoms with Gasteiger partial charge in [-0.1, -0.05) is 66.2 Å². The smallest absolute Gasteiger partial charge is 0.333 e. The molecule has 3 aromatic rings. The number of benzene rings is 3. The third kappa shape index (κ3) is 4.42. The summed E-state index contributed by atoms with van der Waals surface area (Å²) in [7, 11) is -2.49. The SMILES string of the molecule is COc1ccc([C@@H]2CC=C(C(=O)O)[C@H](c3cccc(C)c3)N2S(=O)(=O)c2ccccc2)cc1. The summed E-state index contributed by atoms with van der Waals surface area (Å²) < 4.78 is 34.6. The molecule has 0 radical (unpaired) electrons. The van der Waals surface area contributed by atoms with E-state index < -0.39 is 28.1 Å². The van der Waals surface area contributed by atoms with E-state index in [-0.39, 0.29) is 16.9 Å². The number of hydrogen-bond acceptors (Lipinski definition) is 4. The van der Waals surface area contributed by atoms with Crippen molar-refractivity contribution < 1.29 is 23.1 Å². The monoisotopic (exact) mass is 463 g/mol. The van der Waals surface area contributed by atoms with Gasteiger partial charge in [0.25, 0.3) is 0 Å². The van der Waals surface area contributed by atoms with Crippen LogP contribution in [0.4, 0.5) is 0 Å². The second-order valence-corrected chi connectivity index (χ2v) is 9.80. The minimum absolute atomic E-state index is 0.0462. The second-order valence-electron chi connectivity index (χ2n) is 7.95. The molecule has 0 spiro atoms. The van der Waals surface area contributed by atoms with Crippen LogP contribution in [0.2, 0.25) is 0 Å². The molecule has 33 heavy (non-hydrogen) atoms. The topological polar surface area (TPSA) is 83.9 Å². The summed E-state index contributed by atoms with van der Waals surface area (Å²) in [4.78, 5) is 12.4. The van der Waals surface area contributed by atoms with Gasteiger partial charge in [0.2, 0.25) is 10.0 Å². The third-order valence-electron chi connectivity index (χ3n) is 5.84. The summed E-state index contributed by atoms with van der Waals surface area (Å²) >= 11 is 0. The molecular weight excluding hydrogens is 438 g/mol. The largest absolute Gasteiger partial charge is 0.497 e. The van der Waals surface area contributed by atoms with Crippen LogP contribution in [0.3, 0.4) is 0 Å². The fraction of sp³-hybridized carbons (Fsp3) is 0.192. The lowest BCUT2D eigenvalue weighted by Crippen LogP contribution is -2.42. The summed E-state index contributed by atoms with van der Waals surface area (Å²) in [5, 5.41) is 10.0. The number of aliphatic carboxylic acids is 1. The van der Waals surface area contributed by atoms with Crippen LogP contribution >= 0.6 is 0 Å². The minimum Gasteiger partial charge on any atom is -0.497 e. The van der Waals surface area contributed by atoms with Crippen molar-refractivity contribution in [2.24, 2.45) is 0 Å². The van der Waals surface area contributed by atoms with Crippen molar-refractivity contribution in [2.75, 3.05) is 7.11 Å². The van der Waals surface area contributed by atoms with Gasteiger partial charge in [-0.05, 0) is 48.7 Å². The van der Waals surface area contributed by atoms with E-state index in [1.165, 1.54) is 16.4 Å². The number of ether oxygens (including phenoxy) is 1. The Balaban J connectivity index is 1.96. The Kier molecular flexibility index (Phi) is 6.35. The summed E-state index contributed by atoms with van der Waals surface area (Å²) in [5.74, 6) is -0.480. The van der Waals surface area contributed by atoms with Gasteiger partial charge in [0.15, 0.2) is 0 Å². The fourth-order valence-corrected chi connectivity index (χ4v) is 6.07. The molecule has 0 bridgehead atoms. The predicted octanol–water partition coefficient (Wildman–Crippen LogP) is 4.89. The maximum atomic E-state index is 14.0. The molecule has 6 nitrogen and oxygen atoms in total. The van der Waals surface area contributed by atoms with Crippen molar-refractivity contribution in [3.8, 4) is 5.75 Å². The highest BCUT2D eigenvalue weighted by Gasteiger charge is 2.44. The maximum Gasteiger partial charge on any atom is 0.333 e. The molecular formula is C26H25NO5S. The van der Waals surface area contributed by atoms with E-state index in [4.69, 9.17) is 4.74 Å². The third-order valence-corrected chi connectivity index (χ3v) is 7.73. The summed E-state index contributed by atoms with van der Waals surface area (Å²) in [6.45, 7) is 1.90. The number of aryl methyl sites for hydroxylation is 1. The Hall–Kier alpha value is -3.42. The van der Waals surface area contributed by atoms with Crippen LogP contribution in [0.5, 0.6) is 5.75 Å². The molecule has 0 aliphatic carbocycles. The van der Waals surface area contributed by atoms with Gasteiger partial charge in [-0.15, -0.1) is 0 Å². The first-order valence-electron chi connectivity index (χ1n) is 10.6. The average Bonchev–Trinajstić information content (AvgIpc) is 2.83. The standard InChI is InChI=1S/C26H25NO5S/c1-18-7-6-8-20(17-18)25-23(26(28)29)15-16-24(19-11-13-21(32-2)14-12-19)27(25)33(30,31)22-9-4-3-5-10-22/h3-15,17,24-25H,16H2,1-2H3,(H,28,29)/t24-,25-/m0/s1. The number of carbonyl (C=O) groups is 1. The lowest BCUT2D eigenvalue weighted by Gasteiger charge is -2.40. The Bertz CT molecular complexity index is 1280. The van der Waals surface area contributed by atoms with E-state index in [9.17, 15) is 18.3 Å². The zero-order valence-corrected chi connectivity index (χ0v) is 19.2. The molecule has 0 fully saturated rings. The Morgan fingerprint density at radius 1 is 0.970 bits per heavy atom. The van der Waals surface area contributed by atoms with Crippen LogP contribution in [-0.4, -0.2) is 30.9 Å². The molecule has 170 valence electrons. The lowest BCUT2D eigenvalue weighted by molar-refractivity contribution is -0.133. The molecule has 2 atom stereocenters. The number of carboxylic acid groups (broad SMARTS) is 1. The molecule has 0 saturated heterocycles. The van der Waals surface area contributed by atoms with Crippen molar-refractivity contribution in [2.45, 2.75) is 30.3 Å². The normalized spacial score (nSPS) is 19.0. The highest BCUT2D eigenvalue weighted by atomic mass is 32.2. The minimum atomic E-state index is -4.05. The van der Waals surface area contributed by atoms with Gasteiger partial charge in [0.05, 0.1) is 29.7 Å². The first kappa shape index (κ1) is 22.8. The zero-order valence-electron chi connectivity index (χ0n) is 18.4. The number of hydrogen-bond donors (Lipinski definition) is 1. The van der Waals surface area contributed by atoms with Crippen LogP contribution in [0.25, 0.3) is 0 Å². The molecule has 0 unspecified atom stereocenters. The van der Waals surface area contributed by atoms with Crippen molar-refractivity contribution in [1.29, 1.82) is 0 Å². The molecule has 0 amide bonds. The first-order chi connectivity index (χ1) is 15.8.